The molecule has 3 heterocycles. The number of aliphatic hydroxyl groups excluding tert-OH is 1. The molecule has 14 nitrogen and oxygen atoms in total. The molecule has 0 spiro atoms. The molecule has 0 aromatic heterocycles. The molecule has 0 radical (unpaired) electrons. The molecule has 15 heteroatoms. The van der Waals surface area contributed by atoms with E-state index < -0.39 is 58.6 Å². The van der Waals surface area contributed by atoms with Crippen molar-refractivity contribution in [3.8, 4) is 11.5 Å². The lowest BCUT2D eigenvalue weighted by molar-refractivity contribution is -0.273. The van der Waals surface area contributed by atoms with Gasteiger partial charge in [-0.3, -0.25) is 0 Å². The monoisotopic (exact) mass is 704 g/mol. The third-order valence-corrected chi connectivity index (χ3v) is 11.0. The zero-order chi connectivity index (χ0) is 35.2. The molecule has 0 aliphatic carbocycles. The number of nitrogens with zero attached hydrogens (tertiary/aromatic N) is 2. The van der Waals surface area contributed by atoms with Gasteiger partial charge in [0.1, 0.15) is 6.09 Å². The lowest BCUT2D eigenvalue weighted by Crippen LogP contribution is -2.61. The molecule has 2 N–H and O–H groups in total. The molecule has 5 atom stereocenters. The summed E-state index contributed by atoms with van der Waals surface area (Å²) in [7, 11) is -4.30. The Bertz CT molecular complexity index is 1540. The molecule has 2 amide bonds. The molecule has 0 bridgehead atoms. The third kappa shape index (κ3) is 8.94. The second-order valence-corrected chi connectivity index (χ2v) is 15.3. The summed E-state index contributed by atoms with van der Waals surface area (Å²) in [5, 5.41) is 27.6. The number of amides is 2. The van der Waals surface area contributed by atoms with Gasteiger partial charge < -0.3 is 48.9 Å². The number of carboxylic acid groups (broad SMARTS) is 1. The SMILES string of the molecule is CCCNC(=O)OCCC(C)(C)CN(C[C@@H](O)[C@H](Cc1ccccc1)N(C(=O)[O-])[C@H]1CO[C@H]2OCC[C@H]21)S(=O)(=O)c1ccc2c(c1)OCO2. The van der Waals surface area contributed by atoms with E-state index in [1.54, 1.807) is 0 Å². The first-order valence-corrected chi connectivity index (χ1v) is 18.1. The highest BCUT2D eigenvalue weighted by Gasteiger charge is 2.47. The van der Waals surface area contributed by atoms with E-state index >= 15 is 0 Å². The van der Waals surface area contributed by atoms with Crippen LogP contribution in [-0.2, 0) is 30.7 Å². The molecular formula is C34H46N3O11S-. The first kappa shape index (κ1) is 36.6. The van der Waals surface area contributed by atoms with Crippen molar-refractivity contribution in [2.24, 2.45) is 11.3 Å². The number of carbonyl (C=O) groups is 2. The van der Waals surface area contributed by atoms with Crippen LogP contribution in [0.1, 0.15) is 45.6 Å². The summed E-state index contributed by atoms with van der Waals surface area (Å²) in [4.78, 5) is 26.0. The van der Waals surface area contributed by atoms with Gasteiger partial charge in [-0.1, -0.05) is 51.1 Å². The highest BCUT2D eigenvalue weighted by molar-refractivity contribution is 7.89. The minimum atomic E-state index is -4.30. The topological polar surface area (TPSA) is 176 Å². The molecule has 0 unspecified atom stereocenters. The fourth-order valence-electron chi connectivity index (χ4n) is 6.54. The molecule has 49 heavy (non-hydrogen) atoms. The van der Waals surface area contributed by atoms with Gasteiger partial charge in [0.2, 0.25) is 16.8 Å². The van der Waals surface area contributed by atoms with E-state index in [9.17, 15) is 28.2 Å². The Hall–Kier alpha value is -3.63. The second kappa shape index (κ2) is 15.9. The minimum Gasteiger partial charge on any atom is -0.530 e. The van der Waals surface area contributed by atoms with Gasteiger partial charge in [0.25, 0.3) is 0 Å². The Balaban J connectivity index is 1.45. The molecule has 2 aromatic rings. The normalized spacial score (nSPS) is 21.3. The molecule has 3 aliphatic rings. The molecule has 3 aliphatic heterocycles. The average molecular weight is 705 g/mol. The predicted octanol–water partition coefficient (Wildman–Crippen LogP) is 2.34. The Morgan fingerprint density at radius 2 is 1.88 bits per heavy atom. The summed E-state index contributed by atoms with van der Waals surface area (Å²) in [5.41, 5.74) is 0.00474. The van der Waals surface area contributed by atoms with Crippen molar-refractivity contribution in [2.45, 2.75) is 75.8 Å². The minimum absolute atomic E-state index is 0.0322. The first-order chi connectivity index (χ1) is 23.4. The van der Waals surface area contributed by atoms with Crippen LogP contribution >= 0.6 is 0 Å². The highest BCUT2D eigenvalue weighted by atomic mass is 32.2. The zero-order valence-corrected chi connectivity index (χ0v) is 28.9. The number of fused-ring (bicyclic) bond motifs is 2. The van der Waals surface area contributed by atoms with Gasteiger partial charge in [0.15, 0.2) is 17.8 Å². The Kier molecular flexibility index (Phi) is 11.9. The lowest BCUT2D eigenvalue weighted by Gasteiger charge is -2.43. The first-order valence-electron chi connectivity index (χ1n) is 16.6. The van der Waals surface area contributed by atoms with E-state index in [-0.39, 0.29) is 49.5 Å². The molecule has 270 valence electrons. The lowest BCUT2D eigenvalue weighted by atomic mass is 9.89. The van der Waals surface area contributed by atoms with Crippen molar-refractivity contribution < 1.29 is 51.9 Å². The third-order valence-electron chi connectivity index (χ3n) is 9.17. The van der Waals surface area contributed by atoms with Crippen molar-refractivity contribution in [2.75, 3.05) is 46.2 Å². The number of aliphatic hydroxyl groups is 1. The van der Waals surface area contributed by atoms with Crippen LogP contribution in [0, 0.1) is 11.3 Å². The van der Waals surface area contributed by atoms with Gasteiger partial charge in [-0.2, -0.15) is 4.31 Å². The summed E-state index contributed by atoms with van der Waals surface area (Å²) in [6, 6.07) is 11.6. The number of alkyl carbamates (subject to hydrolysis) is 1. The van der Waals surface area contributed by atoms with Gasteiger partial charge in [0, 0.05) is 31.6 Å². The van der Waals surface area contributed by atoms with E-state index in [2.05, 4.69) is 5.32 Å². The Labute approximate surface area is 287 Å². The van der Waals surface area contributed by atoms with Crippen molar-refractivity contribution in [3.63, 3.8) is 0 Å². The van der Waals surface area contributed by atoms with Gasteiger partial charge in [-0.25, -0.2) is 13.2 Å². The largest absolute Gasteiger partial charge is 0.530 e. The van der Waals surface area contributed by atoms with Crippen LogP contribution in [0.15, 0.2) is 53.4 Å². The maximum atomic E-state index is 14.4. The number of nitrogens with one attached hydrogen (secondary N) is 1. The fraction of sp³-hybridized carbons (Fsp3) is 0.588. The molecule has 0 saturated carbocycles. The quantitative estimate of drug-likeness (QED) is 0.262. The number of ether oxygens (including phenoxy) is 5. The summed E-state index contributed by atoms with van der Waals surface area (Å²) in [6.45, 7) is 5.98. The van der Waals surface area contributed by atoms with E-state index in [0.29, 0.717) is 31.7 Å². The highest BCUT2D eigenvalue weighted by Crippen LogP contribution is 2.38. The Morgan fingerprint density at radius 3 is 2.61 bits per heavy atom. The van der Waals surface area contributed by atoms with Crippen LogP contribution in [0.3, 0.4) is 0 Å². The standard InChI is InChI=1S/C34H47N3O11S/c1-4-14-35-32(39)45-16-13-34(2,3)21-36(49(42,43)24-10-11-29-30(18-24)48-22-47-29)19-28(38)26(17-23-8-6-5-7-9-23)37(33(40)41)27-20-46-31-25(27)12-15-44-31/h5-11,18,25-28,31,38H,4,12-17,19-22H2,1-3H3,(H,35,39)(H,40,41)/p-1/t25-,26-,27-,28+,31+/m0/s1. The van der Waals surface area contributed by atoms with Crippen LogP contribution in [0.4, 0.5) is 9.59 Å². The van der Waals surface area contributed by atoms with Crippen molar-refractivity contribution in [3.05, 3.63) is 54.1 Å². The fourth-order valence-corrected chi connectivity index (χ4v) is 8.20. The average Bonchev–Trinajstić information content (AvgIpc) is 3.82. The van der Waals surface area contributed by atoms with Crippen LogP contribution < -0.4 is 19.9 Å². The van der Waals surface area contributed by atoms with E-state index in [4.69, 9.17) is 23.7 Å². The molecular weight excluding hydrogens is 658 g/mol. The summed E-state index contributed by atoms with van der Waals surface area (Å²) in [6.07, 6.45) is -2.39. The summed E-state index contributed by atoms with van der Waals surface area (Å²) < 4.78 is 57.5. The number of sulfonamides is 1. The molecule has 2 aromatic carbocycles. The van der Waals surface area contributed by atoms with Crippen molar-refractivity contribution in [1.82, 2.24) is 14.5 Å². The van der Waals surface area contributed by atoms with Gasteiger partial charge in [-0.15, -0.1) is 0 Å². The smallest absolute Gasteiger partial charge is 0.407 e. The van der Waals surface area contributed by atoms with Crippen LogP contribution in [0.2, 0.25) is 0 Å². The number of rotatable bonds is 16. The van der Waals surface area contributed by atoms with Crippen LogP contribution in [-0.4, -0.2) is 106 Å². The molecule has 2 fully saturated rings. The summed E-state index contributed by atoms with van der Waals surface area (Å²) >= 11 is 0. The molecule has 2 saturated heterocycles. The molecule has 5 rings (SSSR count). The van der Waals surface area contributed by atoms with Crippen LogP contribution in [0.25, 0.3) is 0 Å². The summed E-state index contributed by atoms with van der Waals surface area (Å²) in [5.74, 6) is 0.419. The van der Waals surface area contributed by atoms with E-state index in [1.165, 1.54) is 18.2 Å². The van der Waals surface area contributed by atoms with E-state index in [0.717, 1.165) is 21.2 Å². The maximum Gasteiger partial charge on any atom is 0.407 e. The Morgan fingerprint density at radius 1 is 1.12 bits per heavy atom. The van der Waals surface area contributed by atoms with Gasteiger partial charge in [0.05, 0.1) is 42.9 Å². The van der Waals surface area contributed by atoms with Gasteiger partial charge in [-0.05, 0) is 48.8 Å². The maximum absolute atomic E-state index is 14.4. The second-order valence-electron chi connectivity index (χ2n) is 13.4. The number of hydrogen-bond acceptors (Lipinski definition) is 11. The van der Waals surface area contributed by atoms with Crippen molar-refractivity contribution >= 4 is 22.2 Å². The number of hydrogen-bond donors (Lipinski definition) is 2. The predicted molar refractivity (Wildman–Crippen MR) is 174 cm³/mol. The number of carbonyl (C=O) groups excluding carboxylic acids is 2. The zero-order valence-electron chi connectivity index (χ0n) is 28.1. The van der Waals surface area contributed by atoms with Crippen LogP contribution in [0.5, 0.6) is 11.5 Å². The van der Waals surface area contributed by atoms with Crippen molar-refractivity contribution in [1.29, 1.82) is 0 Å². The van der Waals surface area contributed by atoms with E-state index in [1.807, 2.05) is 51.1 Å². The number of benzene rings is 2. The van der Waals surface area contributed by atoms with Gasteiger partial charge >= 0.3 is 6.09 Å².